The maximum atomic E-state index is 12.3. The first-order valence-electron chi connectivity index (χ1n) is 7.06. The molecule has 0 radical (unpaired) electrons. The van der Waals surface area contributed by atoms with Crippen molar-refractivity contribution < 1.29 is 18.3 Å². The third kappa shape index (κ3) is 3.82. The number of aromatic hydroxyl groups is 1. The van der Waals surface area contributed by atoms with Gasteiger partial charge in [-0.1, -0.05) is 42.3 Å². The van der Waals surface area contributed by atoms with Crippen LogP contribution in [-0.2, 0) is 10.0 Å². The van der Waals surface area contributed by atoms with E-state index in [2.05, 4.69) is 4.72 Å². The summed E-state index contributed by atoms with van der Waals surface area (Å²) in [7, 11) is -4.09. The summed E-state index contributed by atoms with van der Waals surface area (Å²) >= 11 is 12.0. The Hall–Kier alpha value is -2.00. The highest BCUT2D eigenvalue weighted by molar-refractivity contribution is 7.89. The predicted octanol–water partition coefficient (Wildman–Crippen LogP) is 3.21. The van der Waals surface area contributed by atoms with E-state index >= 15 is 0 Å². The van der Waals surface area contributed by atoms with Gasteiger partial charge in [0.2, 0.25) is 10.0 Å². The fraction of sp³-hybridized carbons (Fsp3) is 0.133. The number of benzene rings is 2. The van der Waals surface area contributed by atoms with Crippen LogP contribution >= 0.6 is 23.2 Å². The molecule has 0 aliphatic carbocycles. The standard InChI is InChI=1S/C15H15Cl2N3O4S/c1-2-19-25(23,24)14-10(17)7-8-12(13(14)21)20(15(18)22)11-6-4-3-5-9(11)16/h3-8,19,21H,2H2,1H3,(H2,18,22). The highest BCUT2D eigenvalue weighted by Crippen LogP contribution is 2.42. The van der Waals surface area contributed by atoms with Crippen molar-refractivity contribution in [2.24, 2.45) is 5.73 Å². The van der Waals surface area contributed by atoms with E-state index in [1.165, 1.54) is 24.3 Å². The van der Waals surface area contributed by atoms with Crippen molar-refractivity contribution >= 4 is 50.6 Å². The lowest BCUT2D eigenvalue weighted by Gasteiger charge is -2.24. The third-order valence-corrected chi connectivity index (χ3v) is 5.59. The molecule has 0 unspecified atom stereocenters. The molecular formula is C15H15Cl2N3O4S. The van der Waals surface area contributed by atoms with E-state index in [0.29, 0.717) is 0 Å². The number of hydrogen-bond acceptors (Lipinski definition) is 4. The topological polar surface area (TPSA) is 113 Å². The number of phenols is 1. The van der Waals surface area contributed by atoms with Crippen LogP contribution in [0.1, 0.15) is 6.92 Å². The number of para-hydroxylation sites is 1. The molecule has 0 fully saturated rings. The van der Waals surface area contributed by atoms with E-state index in [4.69, 9.17) is 28.9 Å². The van der Waals surface area contributed by atoms with Gasteiger partial charge in [0.1, 0.15) is 4.90 Å². The van der Waals surface area contributed by atoms with Gasteiger partial charge in [-0.05, 0) is 24.3 Å². The van der Waals surface area contributed by atoms with Crippen molar-refractivity contribution in [3.8, 4) is 5.75 Å². The number of nitrogens with one attached hydrogen (secondary N) is 1. The van der Waals surface area contributed by atoms with Crippen molar-refractivity contribution in [2.45, 2.75) is 11.8 Å². The van der Waals surface area contributed by atoms with Crippen LogP contribution in [0, 0.1) is 0 Å². The lowest BCUT2D eigenvalue weighted by atomic mass is 10.2. The fourth-order valence-corrected chi connectivity index (χ4v) is 4.12. The quantitative estimate of drug-likeness (QED) is 0.710. The van der Waals surface area contributed by atoms with Gasteiger partial charge in [0.25, 0.3) is 0 Å². The third-order valence-electron chi connectivity index (χ3n) is 3.22. The summed E-state index contributed by atoms with van der Waals surface area (Å²) in [5.41, 5.74) is 5.43. The highest BCUT2D eigenvalue weighted by atomic mass is 35.5. The number of nitrogens with two attached hydrogens (primary N) is 1. The number of hydrogen-bond donors (Lipinski definition) is 3. The monoisotopic (exact) mass is 403 g/mol. The molecule has 0 saturated carbocycles. The highest BCUT2D eigenvalue weighted by Gasteiger charge is 2.28. The van der Waals surface area contributed by atoms with Gasteiger partial charge in [0.15, 0.2) is 5.75 Å². The zero-order valence-corrected chi connectivity index (χ0v) is 15.4. The molecule has 4 N–H and O–H groups in total. The Labute approximate surface area is 155 Å². The second-order valence-corrected chi connectivity index (χ2v) is 7.39. The first-order valence-corrected chi connectivity index (χ1v) is 9.29. The Morgan fingerprint density at radius 1 is 1.16 bits per heavy atom. The normalized spacial score (nSPS) is 11.3. The molecule has 134 valence electrons. The van der Waals surface area contributed by atoms with Gasteiger partial charge < -0.3 is 10.8 Å². The van der Waals surface area contributed by atoms with Gasteiger partial charge in [-0.25, -0.2) is 17.9 Å². The molecule has 10 heteroatoms. The number of amides is 2. The lowest BCUT2D eigenvalue weighted by Crippen LogP contribution is -2.32. The number of sulfonamides is 1. The summed E-state index contributed by atoms with van der Waals surface area (Å²) in [6.45, 7) is 1.66. The van der Waals surface area contributed by atoms with E-state index in [-0.39, 0.29) is 28.0 Å². The van der Waals surface area contributed by atoms with E-state index < -0.39 is 26.7 Å². The minimum atomic E-state index is -4.09. The van der Waals surface area contributed by atoms with Crippen LogP contribution < -0.4 is 15.4 Å². The number of urea groups is 1. The van der Waals surface area contributed by atoms with Crippen LogP contribution in [0.4, 0.5) is 16.2 Å². The molecule has 2 aromatic carbocycles. The molecule has 0 aliphatic heterocycles. The van der Waals surface area contributed by atoms with Crippen LogP contribution in [0.15, 0.2) is 41.3 Å². The zero-order valence-electron chi connectivity index (χ0n) is 13.0. The number of halogens is 2. The van der Waals surface area contributed by atoms with Gasteiger partial charge in [-0.15, -0.1) is 0 Å². The molecule has 0 aromatic heterocycles. The number of rotatable bonds is 5. The summed E-state index contributed by atoms with van der Waals surface area (Å²) < 4.78 is 26.8. The Kier molecular flexibility index (Phi) is 5.79. The average Bonchev–Trinajstić information content (AvgIpc) is 2.51. The number of carbonyl (C=O) groups is 1. The molecule has 0 heterocycles. The van der Waals surface area contributed by atoms with Crippen LogP contribution in [-0.4, -0.2) is 26.1 Å². The molecule has 25 heavy (non-hydrogen) atoms. The molecule has 2 aromatic rings. The summed E-state index contributed by atoms with van der Waals surface area (Å²) in [6.07, 6.45) is 0. The zero-order chi connectivity index (χ0) is 18.8. The van der Waals surface area contributed by atoms with Crippen molar-refractivity contribution in [1.82, 2.24) is 4.72 Å². The van der Waals surface area contributed by atoms with Gasteiger partial charge in [-0.3, -0.25) is 4.90 Å². The summed E-state index contributed by atoms with van der Waals surface area (Å²) in [6, 6.07) is 7.84. The number of nitrogens with zero attached hydrogens (tertiary/aromatic N) is 1. The summed E-state index contributed by atoms with van der Waals surface area (Å²) in [4.78, 5) is 12.3. The van der Waals surface area contributed by atoms with E-state index in [1.54, 1.807) is 19.1 Å². The van der Waals surface area contributed by atoms with Gasteiger partial charge in [0.05, 0.1) is 21.4 Å². The Bertz CT molecular complexity index is 919. The minimum absolute atomic E-state index is 0.0897. The average molecular weight is 404 g/mol. The molecular weight excluding hydrogens is 389 g/mol. The maximum absolute atomic E-state index is 12.3. The molecule has 0 spiro atoms. The maximum Gasteiger partial charge on any atom is 0.324 e. The molecule has 0 saturated heterocycles. The van der Waals surface area contributed by atoms with E-state index in [1.807, 2.05) is 0 Å². The molecule has 2 rings (SSSR count). The van der Waals surface area contributed by atoms with Gasteiger partial charge in [-0.2, -0.15) is 0 Å². The van der Waals surface area contributed by atoms with Gasteiger partial charge in [0, 0.05) is 6.54 Å². The fourth-order valence-electron chi connectivity index (χ4n) is 2.23. The van der Waals surface area contributed by atoms with Crippen molar-refractivity contribution in [3.05, 3.63) is 46.4 Å². The van der Waals surface area contributed by atoms with E-state index in [0.717, 1.165) is 4.90 Å². The van der Waals surface area contributed by atoms with Crippen molar-refractivity contribution in [1.29, 1.82) is 0 Å². The first-order chi connectivity index (χ1) is 11.7. The number of carbonyl (C=O) groups excluding carboxylic acids is 1. The van der Waals surface area contributed by atoms with Crippen LogP contribution in [0.3, 0.4) is 0 Å². The molecule has 2 amide bonds. The second kappa shape index (κ2) is 7.49. The Morgan fingerprint density at radius 3 is 2.36 bits per heavy atom. The predicted molar refractivity (Wildman–Crippen MR) is 97.2 cm³/mol. The lowest BCUT2D eigenvalue weighted by molar-refractivity contribution is 0.256. The largest absolute Gasteiger partial charge is 0.504 e. The smallest absolute Gasteiger partial charge is 0.324 e. The molecule has 0 atom stereocenters. The van der Waals surface area contributed by atoms with Crippen LogP contribution in [0.5, 0.6) is 5.75 Å². The first kappa shape index (κ1) is 19.3. The molecule has 0 bridgehead atoms. The van der Waals surface area contributed by atoms with Crippen molar-refractivity contribution in [2.75, 3.05) is 11.4 Å². The number of anilines is 2. The second-order valence-electron chi connectivity index (χ2n) is 4.87. The summed E-state index contributed by atoms with van der Waals surface area (Å²) in [5.74, 6) is -0.716. The van der Waals surface area contributed by atoms with Crippen LogP contribution in [0.25, 0.3) is 0 Å². The van der Waals surface area contributed by atoms with Gasteiger partial charge >= 0.3 is 6.03 Å². The number of primary amides is 1. The Morgan fingerprint density at radius 2 is 1.80 bits per heavy atom. The minimum Gasteiger partial charge on any atom is -0.504 e. The SMILES string of the molecule is CCNS(=O)(=O)c1c(Cl)ccc(N(C(N)=O)c2ccccc2Cl)c1O. The summed E-state index contributed by atoms with van der Waals surface area (Å²) in [5, 5.41) is 10.5. The Balaban J connectivity index is 2.74. The van der Waals surface area contributed by atoms with Crippen LogP contribution in [0.2, 0.25) is 10.0 Å². The number of phenolic OH excluding ortho intramolecular Hbond substituents is 1. The van der Waals surface area contributed by atoms with Crippen molar-refractivity contribution in [3.63, 3.8) is 0 Å². The molecule has 7 nitrogen and oxygen atoms in total. The van der Waals surface area contributed by atoms with E-state index in [9.17, 15) is 18.3 Å². The molecule has 0 aliphatic rings.